The topological polar surface area (TPSA) is 39.6 Å². The van der Waals surface area contributed by atoms with Crippen LogP contribution in [0.3, 0.4) is 0 Å². The summed E-state index contributed by atoms with van der Waals surface area (Å²) in [6.07, 6.45) is 3.71. The fraction of sp³-hybridized carbons (Fsp3) is 0.320. The zero-order valence-corrected chi connectivity index (χ0v) is 16.6. The van der Waals surface area contributed by atoms with Gasteiger partial charge in [-0.1, -0.05) is 60.7 Å². The lowest BCUT2D eigenvalue weighted by molar-refractivity contribution is -0.197. The molecule has 148 valence electrons. The molecular weight excluding hydrogens is 358 g/mol. The molecule has 4 nitrogen and oxygen atoms in total. The Kier molecular flexibility index (Phi) is 4.92. The molecule has 2 saturated heterocycles. The van der Waals surface area contributed by atoms with Crippen molar-refractivity contribution < 1.29 is 5.11 Å². The first-order valence-electron chi connectivity index (χ1n) is 10.4. The fourth-order valence-electron chi connectivity index (χ4n) is 5.38. The van der Waals surface area contributed by atoms with Crippen LogP contribution in [0.25, 0.3) is 0 Å². The second-order valence-corrected chi connectivity index (χ2v) is 8.36. The smallest absolute Gasteiger partial charge is 0.0593 e. The lowest BCUT2D eigenvalue weighted by Crippen LogP contribution is -2.83. The largest absolute Gasteiger partial charge is 0.395 e. The maximum Gasteiger partial charge on any atom is 0.0593 e. The van der Waals surface area contributed by atoms with E-state index in [-0.39, 0.29) is 18.2 Å². The number of benzene rings is 2. The second kappa shape index (κ2) is 7.71. The van der Waals surface area contributed by atoms with Gasteiger partial charge in [-0.2, -0.15) is 0 Å². The van der Waals surface area contributed by atoms with Crippen molar-refractivity contribution in [3.05, 3.63) is 102 Å². The number of likely N-dealkylation sites (tertiary alicyclic amines) is 2. The number of pyridine rings is 1. The van der Waals surface area contributed by atoms with Gasteiger partial charge in [0.25, 0.3) is 0 Å². The molecule has 0 bridgehead atoms. The van der Waals surface area contributed by atoms with E-state index in [0.29, 0.717) is 5.92 Å². The van der Waals surface area contributed by atoms with Crippen LogP contribution in [-0.4, -0.2) is 51.2 Å². The quantitative estimate of drug-likeness (QED) is 0.707. The molecule has 29 heavy (non-hydrogen) atoms. The molecule has 1 aromatic heterocycles. The monoisotopic (exact) mass is 385 g/mol. The highest BCUT2D eigenvalue weighted by Crippen LogP contribution is 2.54. The Morgan fingerprint density at radius 2 is 1.45 bits per heavy atom. The molecule has 1 spiro atoms. The Balaban J connectivity index is 1.40. The van der Waals surface area contributed by atoms with Crippen molar-refractivity contribution in [2.75, 3.05) is 19.7 Å². The van der Waals surface area contributed by atoms with Crippen molar-refractivity contribution in [2.24, 2.45) is 0 Å². The van der Waals surface area contributed by atoms with Crippen molar-refractivity contribution in [1.82, 2.24) is 14.8 Å². The second-order valence-electron chi connectivity index (χ2n) is 8.36. The maximum absolute atomic E-state index is 10.3. The van der Waals surface area contributed by atoms with Crippen molar-refractivity contribution >= 4 is 0 Å². The van der Waals surface area contributed by atoms with E-state index in [2.05, 4.69) is 87.6 Å². The molecule has 0 saturated carbocycles. The van der Waals surface area contributed by atoms with Crippen LogP contribution in [0.4, 0.5) is 0 Å². The highest BCUT2D eigenvalue weighted by atomic mass is 16.3. The summed E-state index contributed by atoms with van der Waals surface area (Å²) in [5, 5.41) is 10.3. The van der Waals surface area contributed by atoms with E-state index in [1.807, 2.05) is 12.4 Å². The van der Waals surface area contributed by atoms with Crippen LogP contribution in [0.2, 0.25) is 0 Å². The van der Waals surface area contributed by atoms with Crippen LogP contribution in [0, 0.1) is 0 Å². The minimum Gasteiger partial charge on any atom is -0.395 e. The van der Waals surface area contributed by atoms with Crippen molar-refractivity contribution in [2.45, 2.75) is 30.6 Å². The number of rotatable bonds is 6. The molecule has 2 fully saturated rings. The number of nitrogens with zero attached hydrogens (tertiary/aromatic N) is 3. The van der Waals surface area contributed by atoms with E-state index in [0.717, 1.165) is 26.2 Å². The van der Waals surface area contributed by atoms with Crippen LogP contribution in [0.1, 0.15) is 22.6 Å². The molecule has 2 aliphatic heterocycles. The lowest BCUT2D eigenvalue weighted by atomic mass is 9.60. The first-order valence-corrected chi connectivity index (χ1v) is 10.4. The minimum absolute atomic E-state index is 0.0901. The highest BCUT2D eigenvalue weighted by molar-refractivity contribution is 5.36. The minimum atomic E-state index is 0.0901. The summed E-state index contributed by atoms with van der Waals surface area (Å²) in [7, 11) is 0. The summed E-state index contributed by atoms with van der Waals surface area (Å²) in [6.45, 7) is 4.09. The van der Waals surface area contributed by atoms with Crippen LogP contribution in [0.5, 0.6) is 0 Å². The van der Waals surface area contributed by atoms with Gasteiger partial charge in [-0.25, -0.2) is 0 Å². The molecular formula is C25H27N3O. The van der Waals surface area contributed by atoms with Gasteiger partial charge in [0.05, 0.1) is 12.1 Å². The first kappa shape index (κ1) is 18.5. The molecule has 4 heteroatoms. The van der Waals surface area contributed by atoms with Crippen LogP contribution >= 0.6 is 0 Å². The van der Waals surface area contributed by atoms with Gasteiger partial charge in [0, 0.05) is 50.5 Å². The predicted molar refractivity (Wildman–Crippen MR) is 114 cm³/mol. The molecule has 1 N–H and O–H groups in total. The molecule has 3 aromatic rings. The molecule has 0 aliphatic carbocycles. The average molecular weight is 386 g/mol. The van der Waals surface area contributed by atoms with Gasteiger partial charge in [-0.15, -0.1) is 0 Å². The SMILES string of the molecule is OC[C@@H]1[C@H](c2ccccc2)C2(CN(Cc3ccccc3)C2)N1Cc1ccncc1. The van der Waals surface area contributed by atoms with Crippen molar-refractivity contribution in [1.29, 1.82) is 0 Å². The molecule has 0 unspecified atom stereocenters. The third-order valence-electron chi connectivity index (χ3n) is 6.63. The third-order valence-corrected chi connectivity index (χ3v) is 6.63. The van der Waals surface area contributed by atoms with Crippen LogP contribution < -0.4 is 0 Å². The van der Waals surface area contributed by atoms with E-state index in [1.54, 1.807) is 0 Å². The van der Waals surface area contributed by atoms with E-state index in [1.165, 1.54) is 16.7 Å². The summed E-state index contributed by atoms with van der Waals surface area (Å²) in [6, 6.07) is 25.8. The number of hydrogen-bond donors (Lipinski definition) is 1. The Morgan fingerprint density at radius 1 is 0.828 bits per heavy atom. The van der Waals surface area contributed by atoms with Gasteiger partial charge in [0.2, 0.25) is 0 Å². The zero-order chi connectivity index (χ0) is 19.7. The Hall–Kier alpha value is -2.53. The molecule has 3 heterocycles. The predicted octanol–water partition coefficient (Wildman–Crippen LogP) is 3.30. The number of aliphatic hydroxyl groups excluding tert-OH is 1. The fourth-order valence-corrected chi connectivity index (χ4v) is 5.38. The first-order chi connectivity index (χ1) is 14.3. The van der Waals surface area contributed by atoms with Gasteiger partial charge in [0.15, 0.2) is 0 Å². The number of aliphatic hydroxyl groups is 1. The van der Waals surface area contributed by atoms with Gasteiger partial charge in [-0.3, -0.25) is 14.8 Å². The van der Waals surface area contributed by atoms with Gasteiger partial charge < -0.3 is 5.11 Å². The third kappa shape index (κ3) is 3.27. The van der Waals surface area contributed by atoms with Crippen molar-refractivity contribution in [3.8, 4) is 0 Å². The summed E-state index contributed by atoms with van der Waals surface area (Å²) in [4.78, 5) is 9.21. The Morgan fingerprint density at radius 3 is 2.10 bits per heavy atom. The zero-order valence-electron chi connectivity index (χ0n) is 16.6. The van der Waals surface area contributed by atoms with Gasteiger partial charge in [0.1, 0.15) is 0 Å². The number of hydrogen-bond acceptors (Lipinski definition) is 4. The van der Waals surface area contributed by atoms with E-state index >= 15 is 0 Å². The normalized spacial score (nSPS) is 23.5. The van der Waals surface area contributed by atoms with E-state index in [9.17, 15) is 5.11 Å². The molecule has 0 amide bonds. The molecule has 5 rings (SSSR count). The summed E-state index contributed by atoms with van der Waals surface area (Å²) < 4.78 is 0. The standard InChI is InChI=1S/C25H27N3O/c29-17-23-24(22-9-5-2-6-10-22)25(28(23)16-21-11-13-26-14-12-21)18-27(19-25)15-20-7-3-1-4-8-20/h1-14,23-24,29H,15-19H2/t23-,24+/m1/s1. The summed E-state index contributed by atoms with van der Waals surface area (Å²) in [5.74, 6) is 0.363. The van der Waals surface area contributed by atoms with E-state index < -0.39 is 0 Å². The lowest BCUT2D eigenvalue weighted by Gasteiger charge is -2.71. The Bertz CT molecular complexity index is 926. The summed E-state index contributed by atoms with van der Waals surface area (Å²) in [5.41, 5.74) is 4.05. The van der Waals surface area contributed by atoms with Gasteiger partial charge in [-0.05, 0) is 28.8 Å². The molecule has 2 aliphatic rings. The van der Waals surface area contributed by atoms with E-state index in [4.69, 9.17) is 0 Å². The van der Waals surface area contributed by atoms with Crippen LogP contribution in [-0.2, 0) is 13.1 Å². The molecule has 2 atom stereocenters. The average Bonchev–Trinajstić information content (AvgIpc) is 2.75. The number of aromatic nitrogens is 1. The van der Waals surface area contributed by atoms with Crippen LogP contribution in [0.15, 0.2) is 85.2 Å². The molecule has 0 radical (unpaired) electrons. The van der Waals surface area contributed by atoms with Crippen molar-refractivity contribution in [3.63, 3.8) is 0 Å². The Labute approximate surface area is 172 Å². The highest BCUT2D eigenvalue weighted by Gasteiger charge is 2.65. The molecule has 2 aromatic carbocycles. The summed E-state index contributed by atoms with van der Waals surface area (Å²) >= 11 is 0. The maximum atomic E-state index is 10.3. The van der Waals surface area contributed by atoms with Gasteiger partial charge >= 0.3 is 0 Å².